The van der Waals surface area contributed by atoms with Crippen LogP contribution in [0.25, 0.3) is 11.5 Å². The lowest BCUT2D eigenvalue weighted by atomic mass is 10.1. The third-order valence-corrected chi connectivity index (χ3v) is 4.72. The van der Waals surface area contributed by atoms with Crippen LogP contribution in [0, 0.1) is 6.92 Å². The van der Waals surface area contributed by atoms with E-state index in [1.807, 2.05) is 62.4 Å². The summed E-state index contributed by atoms with van der Waals surface area (Å²) in [7, 11) is 0. The molecule has 0 bridgehead atoms. The fourth-order valence-corrected chi connectivity index (χ4v) is 3.00. The van der Waals surface area contributed by atoms with Crippen LogP contribution in [0.2, 0.25) is 0 Å². The Morgan fingerprint density at radius 2 is 1.85 bits per heavy atom. The van der Waals surface area contributed by atoms with Gasteiger partial charge >= 0.3 is 0 Å². The molecule has 0 radical (unpaired) electrons. The third kappa shape index (κ3) is 5.10. The largest absolute Gasteiger partial charge is 0.494 e. The van der Waals surface area contributed by atoms with Gasteiger partial charge in [-0.25, -0.2) is 0 Å². The molecule has 140 valence electrons. The van der Waals surface area contributed by atoms with Gasteiger partial charge in [0.05, 0.1) is 11.9 Å². The number of amides is 1. The topological polar surface area (TPSA) is 77.2 Å². The molecular formula is C20H21N3O3S. The zero-order valence-electron chi connectivity index (χ0n) is 15.4. The van der Waals surface area contributed by atoms with Crippen LogP contribution in [-0.2, 0) is 4.79 Å². The second-order valence-corrected chi connectivity index (χ2v) is 7.24. The van der Waals surface area contributed by atoms with Gasteiger partial charge in [0.1, 0.15) is 5.75 Å². The minimum absolute atomic E-state index is 0.140. The molecule has 1 N–H and O–H groups in total. The summed E-state index contributed by atoms with van der Waals surface area (Å²) >= 11 is 1.22. The molecule has 7 heteroatoms. The van der Waals surface area contributed by atoms with Crippen LogP contribution in [0.3, 0.4) is 0 Å². The maximum Gasteiger partial charge on any atom is 0.277 e. The van der Waals surface area contributed by atoms with Gasteiger partial charge in [0.15, 0.2) is 0 Å². The molecule has 0 saturated heterocycles. The number of hydrogen-bond donors (Lipinski definition) is 1. The maximum absolute atomic E-state index is 12.4. The molecule has 0 fully saturated rings. The first kappa shape index (κ1) is 19.0. The Hall–Kier alpha value is -2.80. The van der Waals surface area contributed by atoms with Crippen molar-refractivity contribution in [1.82, 2.24) is 10.2 Å². The lowest BCUT2D eigenvalue weighted by Gasteiger charge is -2.10. The van der Waals surface area contributed by atoms with Crippen molar-refractivity contribution in [2.45, 2.75) is 31.2 Å². The van der Waals surface area contributed by atoms with Crippen molar-refractivity contribution in [2.75, 3.05) is 11.9 Å². The molecule has 1 heterocycles. The van der Waals surface area contributed by atoms with Gasteiger partial charge in [-0.3, -0.25) is 4.79 Å². The number of ether oxygens (including phenoxy) is 1. The Balaban J connectivity index is 1.58. The number of hydrogen-bond acceptors (Lipinski definition) is 6. The van der Waals surface area contributed by atoms with E-state index in [0.717, 1.165) is 16.9 Å². The van der Waals surface area contributed by atoms with Gasteiger partial charge in [-0.05, 0) is 57.2 Å². The molecule has 0 aliphatic carbocycles. The summed E-state index contributed by atoms with van der Waals surface area (Å²) in [5.74, 6) is 1.07. The summed E-state index contributed by atoms with van der Waals surface area (Å²) in [5.41, 5.74) is 2.72. The second kappa shape index (κ2) is 8.73. The molecule has 0 unspecified atom stereocenters. The van der Waals surface area contributed by atoms with Gasteiger partial charge in [-0.2, -0.15) is 0 Å². The van der Waals surface area contributed by atoms with Crippen LogP contribution in [0.1, 0.15) is 19.4 Å². The first-order valence-corrected chi connectivity index (χ1v) is 9.54. The Morgan fingerprint density at radius 3 is 2.52 bits per heavy atom. The molecule has 6 nitrogen and oxygen atoms in total. The van der Waals surface area contributed by atoms with Gasteiger partial charge in [-0.1, -0.05) is 29.5 Å². The summed E-state index contributed by atoms with van der Waals surface area (Å²) in [6, 6.07) is 15.1. The second-order valence-electron chi connectivity index (χ2n) is 5.95. The van der Waals surface area contributed by atoms with E-state index in [1.165, 1.54) is 11.8 Å². The standard InChI is InChI=1S/C20H21N3O3S/c1-4-25-17-11-9-16(10-12-17)21-18(24)14(3)27-20-23-22-19(26-20)15-7-5-13(2)6-8-15/h5-12,14H,4H2,1-3H3,(H,21,24)/t14-/m1/s1. The Morgan fingerprint density at radius 1 is 1.15 bits per heavy atom. The molecule has 0 aliphatic rings. The molecule has 1 atom stereocenters. The highest BCUT2D eigenvalue weighted by molar-refractivity contribution is 8.00. The number of nitrogens with zero attached hydrogens (tertiary/aromatic N) is 2. The van der Waals surface area contributed by atoms with E-state index in [0.29, 0.717) is 23.4 Å². The van der Waals surface area contributed by atoms with Crippen LogP contribution < -0.4 is 10.1 Å². The average Bonchev–Trinajstić information content (AvgIpc) is 3.12. The predicted octanol–water partition coefficient (Wildman–Crippen LogP) is 4.56. The fourth-order valence-electron chi connectivity index (χ4n) is 2.32. The highest BCUT2D eigenvalue weighted by Gasteiger charge is 2.19. The Kier molecular flexibility index (Phi) is 6.13. The normalized spacial score (nSPS) is 11.8. The minimum atomic E-state index is -0.386. The van der Waals surface area contributed by atoms with Crippen LogP contribution in [0.15, 0.2) is 58.2 Å². The van der Waals surface area contributed by atoms with Crippen LogP contribution in [-0.4, -0.2) is 28.0 Å². The molecule has 3 rings (SSSR count). The number of nitrogens with one attached hydrogen (secondary N) is 1. The van der Waals surface area contributed by atoms with Crippen molar-refractivity contribution < 1.29 is 13.9 Å². The smallest absolute Gasteiger partial charge is 0.277 e. The summed E-state index contributed by atoms with van der Waals surface area (Å²) in [6.07, 6.45) is 0. The molecule has 0 aliphatic heterocycles. The van der Waals surface area contributed by atoms with E-state index in [-0.39, 0.29) is 11.2 Å². The first-order valence-electron chi connectivity index (χ1n) is 8.66. The quantitative estimate of drug-likeness (QED) is 0.603. The first-order chi connectivity index (χ1) is 13.0. The molecule has 0 saturated carbocycles. The molecule has 27 heavy (non-hydrogen) atoms. The maximum atomic E-state index is 12.4. The highest BCUT2D eigenvalue weighted by atomic mass is 32.2. The predicted molar refractivity (Wildman–Crippen MR) is 106 cm³/mol. The van der Waals surface area contributed by atoms with Crippen LogP contribution in [0.5, 0.6) is 5.75 Å². The third-order valence-electron chi connectivity index (χ3n) is 3.78. The number of anilines is 1. The zero-order valence-corrected chi connectivity index (χ0v) is 16.2. The zero-order chi connectivity index (χ0) is 19.2. The number of carbonyl (C=O) groups is 1. The van der Waals surface area contributed by atoms with Gasteiger partial charge < -0.3 is 14.5 Å². The molecule has 2 aromatic carbocycles. The number of thioether (sulfide) groups is 1. The summed E-state index contributed by atoms with van der Waals surface area (Å²) in [4.78, 5) is 12.4. The minimum Gasteiger partial charge on any atom is -0.494 e. The van der Waals surface area contributed by atoms with E-state index in [1.54, 1.807) is 6.92 Å². The lowest BCUT2D eigenvalue weighted by molar-refractivity contribution is -0.115. The molecule has 1 aromatic heterocycles. The SMILES string of the molecule is CCOc1ccc(NC(=O)[C@@H](C)Sc2nnc(-c3ccc(C)cc3)o2)cc1. The monoisotopic (exact) mass is 383 g/mol. The lowest BCUT2D eigenvalue weighted by Crippen LogP contribution is -2.22. The number of rotatable bonds is 7. The van der Waals surface area contributed by atoms with E-state index >= 15 is 0 Å². The number of benzene rings is 2. The molecule has 3 aromatic rings. The number of carbonyl (C=O) groups excluding carboxylic acids is 1. The van der Waals surface area contributed by atoms with Crippen molar-refractivity contribution in [3.8, 4) is 17.2 Å². The number of aryl methyl sites for hydroxylation is 1. The van der Waals surface area contributed by atoms with Gasteiger partial charge in [-0.15, -0.1) is 10.2 Å². The van der Waals surface area contributed by atoms with Gasteiger partial charge in [0.25, 0.3) is 5.22 Å². The highest BCUT2D eigenvalue weighted by Crippen LogP contribution is 2.27. The summed E-state index contributed by atoms with van der Waals surface area (Å²) in [5, 5.41) is 10.9. The van der Waals surface area contributed by atoms with E-state index < -0.39 is 0 Å². The van der Waals surface area contributed by atoms with Crippen LogP contribution in [0.4, 0.5) is 5.69 Å². The summed E-state index contributed by atoms with van der Waals surface area (Å²) < 4.78 is 11.1. The van der Waals surface area contributed by atoms with E-state index in [4.69, 9.17) is 9.15 Å². The summed E-state index contributed by atoms with van der Waals surface area (Å²) in [6.45, 7) is 6.35. The Labute approximate surface area is 162 Å². The Bertz CT molecular complexity index is 892. The fraction of sp³-hybridized carbons (Fsp3) is 0.250. The van der Waals surface area contributed by atoms with Crippen molar-refractivity contribution in [3.63, 3.8) is 0 Å². The van der Waals surface area contributed by atoms with Crippen molar-refractivity contribution in [1.29, 1.82) is 0 Å². The van der Waals surface area contributed by atoms with Gasteiger partial charge in [0, 0.05) is 11.3 Å². The molecule has 0 spiro atoms. The number of aromatic nitrogens is 2. The van der Waals surface area contributed by atoms with E-state index in [2.05, 4.69) is 15.5 Å². The van der Waals surface area contributed by atoms with Crippen molar-refractivity contribution in [2.24, 2.45) is 0 Å². The van der Waals surface area contributed by atoms with Crippen LogP contribution >= 0.6 is 11.8 Å². The van der Waals surface area contributed by atoms with E-state index in [9.17, 15) is 4.79 Å². The van der Waals surface area contributed by atoms with Crippen molar-refractivity contribution in [3.05, 3.63) is 54.1 Å². The average molecular weight is 383 g/mol. The molecule has 1 amide bonds. The van der Waals surface area contributed by atoms with Crippen molar-refractivity contribution >= 4 is 23.4 Å². The van der Waals surface area contributed by atoms with Gasteiger partial charge in [0.2, 0.25) is 11.8 Å². The molecular weight excluding hydrogens is 362 g/mol.